The summed E-state index contributed by atoms with van der Waals surface area (Å²) < 4.78 is 152. The third kappa shape index (κ3) is 5.89. The van der Waals surface area contributed by atoms with Crippen LogP contribution in [0, 0.1) is 0 Å². The second-order valence-corrected chi connectivity index (χ2v) is 20.5. The molecule has 0 aliphatic carbocycles. The van der Waals surface area contributed by atoms with E-state index in [0.717, 1.165) is 46.5 Å². The summed E-state index contributed by atoms with van der Waals surface area (Å²) >= 11 is 0. The van der Waals surface area contributed by atoms with Crippen LogP contribution in [0.4, 0.5) is 0 Å². The smallest absolute Gasteiger partial charge is 0.240 e. The van der Waals surface area contributed by atoms with Gasteiger partial charge in [0.2, 0.25) is 11.9 Å². The first-order chi connectivity index (χ1) is 41.4. The summed E-state index contributed by atoms with van der Waals surface area (Å²) in [5, 5.41) is 4.15. The second-order valence-electron chi connectivity index (χ2n) is 16.7. The zero-order valence-electron chi connectivity index (χ0n) is 52.7. The first-order valence-corrected chi connectivity index (χ1v) is 24.5. The van der Waals surface area contributed by atoms with Gasteiger partial charge in [0, 0.05) is 37.9 Å². The molecule has 0 bridgehead atoms. The normalized spacial score (nSPS) is 15.2. The number of hydrogen-bond donors (Lipinski definition) is 0. The van der Waals surface area contributed by atoms with Crippen LogP contribution in [0.5, 0.6) is 0 Å². The molecule has 7 heteroatoms. The first kappa shape index (κ1) is 27.0. The minimum absolute atomic E-state index is 0.162. The van der Waals surface area contributed by atoms with Crippen LogP contribution in [-0.4, -0.2) is 36.7 Å². The molecule has 0 aliphatic rings. The van der Waals surface area contributed by atoms with E-state index in [1.807, 2.05) is 121 Å². The molecular weight excluding hydrogens is 869 g/mol. The Kier molecular flexibility index (Phi) is 6.16. The van der Waals surface area contributed by atoms with Crippen molar-refractivity contribution >= 4 is 94.2 Å². The van der Waals surface area contributed by atoms with Gasteiger partial charge in [0.15, 0.2) is 13.9 Å². The van der Waals surface area contributed by atoms with E-state index in [-0.39, 0.29) is 49.4 Å². The van der Waals surface area contributed by atoms with Crippen molar-refractivity contribution in [3.05, 3.63) is 254 Å². The highest BCUT2D eigenvalue weighted by Gasteiger charge is 2.44. The number of rotatable bonds is 8. The molecule has 0 amide bonds. The molecule has 4 heterocycles. The van der Waals surface area contributed by atoms with Crippen molar-refractivity contribution < 1.29 is 21.9 Å². The van der Waals surface area contributed by atoms with Gasteiger partial charge in [0.25, 0.3) is 0 Å². The Hall–Kier alpha value is -9.17. The van der Waals surface area contributed by atoms with Crippen molar-refractivity contribution in [2.24, 2.45) is 0 Å². The molecule has 14 aromatic rings. The number of fused-ring (bicyclic) bond motifs is 9. The lowest BCUT2D eigenvalue weighted by molar-refractivity contribution is 0.892. The monoisotopic (exact) mass is 926 g/mol. The van der Waals surface area contributed by atoms with E-state index in [0.29, 0.717) is 16.4 Å². The second kappa shape index (κ2) is 16.0. The van der Waals surface area contributed by atoms with Crippen molar-refractivity contribution in [2.45, 2.75) is 0 Å². The molecule has 0 unspecified atom stereocenters. The van der Waals surface area contributed by atoms with Gasteiger partial charge in [-0.05, 0) is 63.1 Å². The summed E-state index contributed by atoms with van der Waals surface area (Å²) in [5.74, 6) is -1.15. The molecule has 0 atom stereocenters. The highest BCUT2D eigenvalue weighted by atomic mass is 28.3. The van der Waals surface area contributed by atoms with Crippen LogP contribution in [0.25, 0.3) is 94.4 Å². The summed E-state index contributed by atoms with van der Waals surface area (Å²) in [7, 11) is -3.80. The highest BCUT2D eigenvalue weighted by molar-refractivity contribution is 7.20. The van der Waals surface area contributed by atoms with Gasteiger partial charge in [-0.3, -0.25) is 9.13 Å². The molecular formula is C63H42N6Si. The van der Waals surface area contributed by atoms with Gasteiger partial charge in [-0.15, -0.1) is 0 Å². The predicted molar refractivity (Wildman–Crippen MR) is 292 cm³/mol. The molecule has 14 rings (SSSR count). The maximum absolute atomic E-state index is 9.63. The van der Waals surface area contributed by atoms with Crippen LogP contribution < -0.4 is 20.7 Å². The number of hydrogen-bond acceptors (Lipinski definition) is 3. The third-order valence-corrected chi connectivity index (χ3v) is 18.0. The van der Waals surface area contributed by atoms with Crippen molar-refractivity contribution in [3.8, 4) is 29.0 Å². The molecule has 0 saturated carbocycles. The lowest BCUT2D eigenvalue weighted by atomic mass is 10.1. The van der Waals surface area contributed by atoms with E-state index in [1.165, 1.54) is 0 Å². The van der Waals surface area contributed by atoms with Crippen LogP contribution in [0.15, 0.2) is 254 Å². The molecule has 0 N–H and O–H groups in total. The van der Waals surface area contributed by atoms with Gasteiger partial charge in [-0.1, -0.05) is 212 Å². The molecule has 328 valence electrons. The number of aromatic nitrogens is 6. The Morgan fingerprint density at radius 2 is 0.686 bits per heavy atom. The van der Waals surface area contributed by atoms with Crippen molar-refractivity contribution in [3.63, 3.8) is 0 Å². The predicted octanol–water partition coefficient (Wildman–Crippen LogP) is 12.2. The molecule has 0 fully saturated rings. The molecule has 4 aromatic heterocycles. The van der Waals surface area contributed by atoms with E-state index in [9.17, 15) is 11.0 Å². The molecule has 0 saturated heterocycles. The summed E-state index contributed by atoms with van der Waals surface area (Å²) in [6, 6.07) is 41.0. The van der Waals surface area contributed by atoms with Crippen LogP contribution in [0.3, 0.4) is 0 Å². The standard InChI is InChI=1S/C63H42N6Si/c1-4-23-43(24-5-1)70(44-25-6-2-7-26-44,45-27-8-3-9-28-45)59-42-22-41-58(67-52-35-16-10-29-46(52)47-30-11-17-36-53(47)67)60(59)61-64-62(68-54-37-18-12-31-48(54)49-32-13-19-38-55(49)68)66-63(65-61)69-56-39-20-14-33-50(56)51-34-15-21-40-57(51)69/h1-42H/i12D,13D,14D,15D,18D,19D,20D,21D,31D,32D,33D,34D,37D,38D,39D,40D. The molecule has 10 aromatic carbocycles. The van der Waals surface area contributed by atoms with Crippen LogP contribution >= 0.6 is 0 Å². The maximum atomic E-state index is 9.63. The summed E-state index contributed by atoms with van der Waals surface area (Å²) in [4.78, 5) is 15.9. The van der Waals surface area contributed by atoms with E-state index in [2.05, 4.69) is 41.0 Å². The fourth-order valence-electron chi connectivity index (χ4n) is 10.4. The van der Waals surface area contributed by atoms with Gasteiger partial charge >= 0.3 is 0 Å². The van der Waals surface area contributed by atoms with Crippen LogP contribution in [0.2, 0.25) is 0 Å². The van der Waals surface area contributed by atoms with Gasteiger partial charge in [-0.25, -0.2) is 0 Å². The van der Waals surface area contributed by atoms with Crippen molar-refractivity contribution in [1.82, 2.24) is 28.7 Å². The first-order valence-electron chi connectivity index (χ1n) is 30.5. The summed E-state index contributed by atoms with van der Waals surface area (Å²) in [6.07, 6.45) is 0. The summed E-state index contributed by atoms with van der Waals surface area (Å²) in [6.45, 7) is 0. The number of para-hydroxylation sites is 6. The minimum Gasteiger partial charge on any atom is -0.309 e. The lowest BCUT2D eigenvalue weighted by Crippen LogP contribution is -2.75. The summed E-state index contributed by atoms with van der Waals surface area (Å²) in [5.41, 5.74) is 1.05. The van der Waals surface area contributed by atoms with Gasteiger partial charge in [0.05, 0.1) is 60.7 Å². The topological polar surface area (TPSA) is 53.5 Å². The van der Waals surface area contributed by atoms with E-state index in [4.69, 9.17) is 25.9 Å². The molecule has 0 spiro atoms. The Morgan fingerprint density at radius 3 is 1.10 bits per heavy atom. The Balaban J connectivity index is 1.29. The maximum Gasteiger partial charge on any atom is 0.240 e. The van der Waals surface area contributed by atoms with Crippen molar-refractivity contribution in [1.29, 1.82) is 0 Å². The average Bonchev–Trinajstić information content (AvgIpc) is 1.44. The zero-order valence-corrected chi connectivity index (χ0v) is 37.7. The average molecular weight is 927 g/mol. The Morgan fingerprint density at radius 1 is 0.314 bits per heavy atom. The molecule has 0 aliphatic heterocycles. The van der Waals surface area contributed by atoms with Crippen LogP contribution in [-0.2, 0) is 0 Å². The largest absolute Gasteiger partial charge is 0.309 e. The van der Waals surface area contributed by atoms with Gasteiger partial charge in [0.1, 0.15) is 0 Å². The SMILES string of the molecule is [2H]c1c([2H])c([2H])c2c(c1[2H])c1c([2H])c([2H])c([2H])c([2H])c1n2-c1nc(-c2c(-n3c4ccccc4c4ccccc43)cccc2[Si](c2ccccc2)(c2ccccc2)c2ccccc2)nc(-n2c3c([2H])c([2H])c([2H])c([2H])c3c3c([2H])c([2H])c([2H])c([2H])c32)n1. The number of benzene rings is 10. The quantitative estimate of drug-likeness (QED) is 0.113. The molecule has 70 heavy (non-hydrogen) atoms. The third-order valence-electron chi connectivity index (χ3n) is 13.2. The van der Waals surface area contributed by atoms with E-state index >= 15 is 0 Å². The van der Waals surface area contributed by atoms with Gasteiger partial charge in [-0.2, -0.15) is 15.0 Å². The van der Waals surface area contributed by atoms with E-state index in [1.54, 1.807) is 0 Å². The Labute approximate surface area is 427 Å². The zero-order chi connectivity index (χ0) is 60.1. The fraction of sp³-hybridized carbons (Fsp3) is 0. The number of nitrogens with zero attached hydrogens (tertiary/aromatic N) is 6. The Bertz CT molecular complexity index is 4780. The van der Waals surface area contributed by atoms with Gasteiger partial charge < -0.3 is 4.57 Å². The molecule has 0 radical (unpaired) electrons. The molecule has 6 nitrogen and oxygen atoms in total. The fourth-order valence-corrected chi connectivity index (χ4v) is 15.4. The van der Waals surface area contributed by atoms with Crippen LogP contribution in [0.1, 0.15) is 21.9 Å². The van der Waals surface area contributed by atoms with Crippen molar-refractivity contribution in [2.75, 3.05) is 0 Å². The highest BCUT2D eigenvalue weighted by Crippen LogP contribution is 2.38. The van der Waals surface area contributed by atoms with E-state index < -0.39 is 117 Å². The lowest BCUT2D eigenvalue weighted by Gasteiger charge is -2.36. The minimum atomic E-state index is -3.80.